The van der Waals surface area contributed by atoms with Gasteiger partial charge in [-0.3, -0.25) is 9.59 Å². The Morgan fingerprint density at radius 3 is 2.42 bits per heavy atom. The van der Waals surface area contributed by atoms with Crippen molar-refractivity contribution in [2.24, 2.45) is 0 Å². The molecule has 5 nitrogen and oxygen atoms in total. The molecule has 0 aromatic heterocycles. The first-order valence-electron chi connectivity index (χ1n) is 10.5. The van der Waals surface area contributed by atoms with Crippen LogP contribution < -0.4 is 15.0 Å². The first kappa shape index (κ1) is 22.6. The number of hydrogen-bond donors (Lipinski definition) is 1. The zero-order chi connectivity index (χ0) is 23.5. The van der Waals surface area contributed by atoms with E-state index in [1.165, 1.54) is 24.3 Å². The van der Waals surface area contributed by atoms with E-state index in [9.17, 15) is 14.0 Å². The van der Waals surface area contributed by atoms with Crippen LogP contribution in [0.15, 0.2) is 72.4 Å². The van der Waals surface area contributed by atoms with Gasteiger partial charge < -0.3 is 10.1 Å². The van der Waals surface area contributed by atoms with Gasteiger partial charge in [-0.25, -0.2) is 9.29 Å². The summed E-state index contributed by atoms with van der Waals surface area (Å²) in [7, 11) is 0. The van der Waals surface area contributed by atoms with Crippen molar-refractivity contribution in [3.05, 3.63) is 94.4 Å². The van der Waals surface area contributed by atoms with Gasteiger partial charge in [0.15, 0.2) is 0 Å². The van der Waals surface area contributed by atoms with Crippen molar-refractivity contribution in [2.75, 3.05) is 16.8 Å². The fraction of sp³-hybridized carbons (Fsp3) is 0.154. The highest BCUT2D eigenvalue weighted by Gasteiger charge is 2.41. The molecule has 168 valence electrons. The second kappa shape index (κ2) is 9.46. The van der Waals surface area contributed by atoms with Crippen LogP contribution in [0.5, 0.6) is 5.75 Å². The van der Waals surface area contributed by atoms with Gasteiger partial charge in [-0.1, -0.05) is 48.9 Å². The lowest BCUT2D eigenvalue weighted by Gasteiger charge is -2.19. The minimum Gasteiger partial charge on any atom is -0.491 e. The second-order valence-electron chi connectivity index (χ2n) is 7.56. The summed E-state index contributed by atoms with van der Waals surface area (Å²) >= 11 is 6.25. The van der Waals surface area contributed by atoms with Crippen LogP contribution in [-0.4, -0.2) is 18.4 Å². The van der Waals surface area contributed by atoms with Crippen molar-refractivity contribution in [1.29, 1.82) is 0 Å². The summed E-state index contributed by atoms with van der Waals surface area (Å²) in [4.78, 5) is 28.3. The van der Waals surface area contributed by atoms with E-state index in [1.807, 2.05) is 13.8 Å². The molecule has 0 radical (unpaired) electrons. The highest BCUT2D eigenvalue weighted by Crippen LogP contribution is 2.38. The number of carbonyl (C=O) groups is 2. The average Bonchev–Trinajstić information content (AvgIpc) is 3.05. The maximum absolute atomic E-state index is 13.6. The van der Waals surface area contributed by atoms with E-state index < -0.39 is 17.6 Å². The number of hydrogen-bond acceptors (Lipinski definition) is 4. The molecular formula is C26H22ClFN2O3. The number of nitrogens with one attached hydrogen (secondary N) is 1. The molecule has 1 heterocycles. The smallest absolute Gasteiger partial charge is 0.282 e. The minimum absolute atomic E-state index is 0.0854. The lowest BCUT2D eigenvalue weighted by atomic mass is 10.0. The molecule has 0 saturated heterocycles. The van der Waals surface area contributed by atoms with Crippen LogP contribution in [0, 0.1) is 12.7 Å². The summed E-state index contributed by atoms with van der Waals surface area (Å²) in [6.45, 7) is 4.23. The first-order chi connectivity index (χ1) is 15.9. The molecule has 1 N–H and O–H groups in total. The molecular weight excluding hydrogens is 443 g/mol. The van der Waals surface area contributed by atoms with Gasteiger partial charge >= 0.3 is 0 Å². The van der Waals surface area contributed by atoms with Gasteiger partial charge in [0.2, 0.25) is 0 Å². The number of halogens is 2. The van der Waals surface area contributed by atoms with Crippen molar-refractivity contribution in [3.8, 4) is 5.75 Å². The molecule has 4 rings (SSSR count). The Morgan fingerprint density at radius 1 is 0.970 bits per heavy atom. The summed E-state index contributed by atoms with van der Waals surface area (Å²) in [6.07, 6.45) is 0.774. The van der Waals surface area contributed by atoms with E-state index in [0.717, 1.165) is 16.9 Å². The number of amides is 2. The summed E-state index contributed by atoms with van der Waals surface area (Å²) in [5.41, 5.74) is 2.32. The van der Waals surface area contributed by atoms with Crippen LogP contribution in [0.4, 0.5) is 15.8 Å². The molecule has 0 saturated carbocycles. The zero-order valence-electron chi connectivity index (χ0n) is 18.2. The van der Waals surface area contributed by atoms with Gasteiger partial charge in [0.05, 0.1) is 17.9 Å². The Kier molecular flexibility index (Phi) is 6.47. The van der Waals surface area contributed by atoms with Crippen LogP contribution in [0.3, 0.4) is 0 Å². The molecule has 0 fully saturated rings. The molecule has 1 aliphatic heterocycles. The third-order valence-electron chi connectivity index (χ3n) is 5.31. The number of imide groups is 1. The minimum atomic E-state index is -0.536. The lowest BCUT2D eigenvalue weighted by Crippen LogP contribution is -2.32. The highest BCUT2D eigenvalue weighted by molar-refractivity contribution is 6.46. The number of carbonyl (C=O) groups excluding carboxylic acids is 2. The second-order valence-corrected chi connectivity index (χ2v) is 7.96. The molecule has 0 atom stereocenters. The third-order valence-corrected chi connectivity index (χ3v) is 5.72. The SMILES string of the molecule is CCCOc1ccccc1N1C(=O)C(Nc2cccc(Cl)c2C)=C(c2ccc(F)cc2)C1=O. The monoisotopic (exact) mass is 464 g/mol. The van der Waals surface area contributed by atoms with Gasteiger partial charge in [0, 0.05) is 10.7 Å². The Balaban J connectivity index is 1.83. The van der Waals surface area contributed by atoms with Crippen molar-refractivity contribution in [1.82, 2.24) is 0 Å². The number of nitrogens with zero attached hydrogens (tertiary/aromatic N) is 1. The molecule has 2 amide bonds. The Bertz CT molecular complexity index is 1250. The number of ether oxygens (including phenoxy) is 1. The Morgan fingerprint density at radius 2 is 1.70 bits per heavy atom. The molecule has 3 aromatic carbocycles. The highest BCUT2D eigenvalue weighted by atomic mass is 35.5. The van der Waals surface area contributed by atoms with E-state index in [0.29, 0.717) is 34.3 Å². The average molecular weight is 465 g/mol. The van der Waals surface area contributed by atoms with Crippen LogP contribution in [-0.2, 0) is 9.59 Å². The summed E-state index contributed by atoms with van der Waals surface area (Å²) in [5.74, 6) is -1.07. The quantitative estimate of drug-likeness (QED) is 0.437. The van der Waals surface area contributed by atoms with Crippen LogP contribution in [0.1, 0.15) is 24.5 Å². The normalized spacial score (nSPS) is 13.6. The van der Waals surface area contributed by atoms with E-state index in [4.69, 9.17) is 16.3 Å². The maximum atomic E-state index is 13.6. The van der Waals surface area contributed by atoms with E-state index in [-0.39, 0.29) is 11.3 Å². The van der Waals surface area contributed by atoms with Crippen LogP contribution >= 0.6 is 11.6 Å². The predicted molar refractivity (Wildman–Crippen MR) is 128 cm³/mol. The van der Waals surface area contributed by atoms with Crippen molar-refractivity contribution in [2.45, 2.75) is 20.3 Å². The summed E-state index contributed by atoms with van der Waals surface area (Å²) in [5, 5.41) is 3.63. The number of anilines is 2. The van der Waals surface area contributed by atoms with Crippen molar-refractivity contribution < 1.29 is 18.7 Å². The van der Waals surface area contributed by atoms with Gasteiger partial charge in [-0.2, -0.15) is 0 Å². The van der Waals surface area contributed by atoms with Crippen molar-refractivity contribution in [3.63, 3.8) is 0 Å². The molecule has 0 unspecified atom stereocenters. The van der Waals surface area contributed by atoms with Gasteiger partial charge in [-0.05, 0) is 60.9 Å². The molecule has 7 heteroatoms. The predicted octanol–water partition coefficient (Wildman–Crippen LogP) is 5.97. The third kappa shape index (κ3) is 4.34. The maximum Gasteiger partial charge on any atom is 0.282 e. The molecule has 3 aromatic rings. The number of para-hydroxylation sites is 2. The van der Waals surface area contributed by atoms with Gasteiger partial charge in [0.1, 0.15) is 17.3 Å². The molecule has 0 spiro atoms. The van der Waals surface area contributed by atoms with E-state index >= 15 is 0 Å². The Hall–Kier alpha value is -3.64. The fourth-order valence-electron chi connectivity index (χ4n) is 3.60. The summed E-state index contributed by atoms with van der Waals surface area (Å²) in [6, 6.07) is 17.6. The Labute approximate surface area is 196 Å². The molecule has 0 bridgehead atoms. The van der Waals surface area contributed by atoms with Gasteiger partial charge in [-0.15, -0.1) is 0 Å². The van der Waals surface area contributed by atoms with Crippen LogP contribution in [0.25, 0.3) is 5.57 Å². The molecule has 1 aliphatic rings. The molecule has 33 heavy (non-hydrogen) atoms. The van der Waals surface area contributed by atoms with E-state index in [2.05, 4.69) is 5.32 Å². The van der Waals surface area contributed by atoms with Crippen LogP contribution in [0.2, 0.25) is 5.02 Å². The zero-order valence-corrected chi connectivity index (χ0v) is 18.9. The van der Waals surface area contributed by atoms with Gasteiger partial charge in [0.25, 0.3) is 11.8 Å². The fourth-order valence-corrected chi connectivity index (χ4v) is 3.78. The standard InChI is InChI=1S/C26H22ClFN2O3/c1-3-15-33-22-10-5-4-9-21(22)30-25(31)23(17-11-13-18(28)14-12-17)24(26(30)32)29-20-8-6-7-19(27)16(20)2/h4-14,29H,3,15H2,1-2H3. The summed E-state index contributed by atoms with van der Waals surface area (Å²) < 4.78 is 19.4. The largest absolute Gasteiger partial charge is 0.491 e. The van der Waals surface area contributed by atoms with E-state index in [1.54, 1.807) is 42.5 Å². The number of rotatable bonds is 7. The molecule has 0 aliphatic carbocycles. The first-order valence-corrected chi connectivity index (χ1v) is 10.9. The lowest BCUT2D eigenvalue weighted by molar-refractivity contribution is -0.120. The topological polar surface area (TPSA) is 58.6 Å². The number of benzene rings is 3. The van der Waals surface area contributed by atoms with Crippen molar-refractivity contribution >= 4 is 40.4 Å².